The third kappa shape index (κ3) is 41.3. The summed E-state index contributed by atoms with van der Waals surface area (Å²) in [7, 11) is 1.43. The van der Waals surface area contributed by atoms with Crippen LogP contribution in [0.25, 0.3) is 0 Å². The number of phosphoric acid groups is 1. The number of nitrogens with zero attached hydrogens (tertiary/aromatic N) is 1. The van der Waals surface area contributed by atoms with Crippen molar-refractivity contribution in [2.45, 2.75) is 174 Å². The van der Waals surface area contributed by atoms with Crippen LogP contribution in [0.1, 0.15) is 168 Å². The van der Waals surface area contributed by atoms with Crippen molar-refractivity contribution >= 4 is 19.8 Å². The summed E-state index contributed by atoms with van der Waals surface area (Å²) in [4.78, 5) is 35.3. The van der Waals surface area contributed by atoms with Crippen molar-refractivity contribution in [2.75, 3.05) is 47.5 Å². The van der Waals surface area contributed by atoms with E-state index in [1.54, 1.807) is 0 Å². The first-order valence-corrected chi connectivity index (χ1v) is 23.5. The van der Waals surface area contributed by atoms with Crippen molar-refractivity contribution in [1.82, 2.24) is 0 Å². The van der Waals surface area contributed by atoms with E-state index in [9.17, 15) is 19.0 Å². The molecule has 0 aromatic rings. The molecule has 0 fully saturated rings. The summed E-state index contributed by atoms with van der Waals surface area (Å²) < 4.78 is 34.2. The average Bonchev–Trinajstić information content (AvgIpc) is 3.15. The molecule has 10 heteroatoms. The van der Waals surface area contributed by atoms with Crippen LogP contribution in [0.5, 0.6) is 0 Å². The van der Waals surface area contributed by atoms with Gasteiger partial charge in [0.05, 0.1) is 27.7 Å². The van der Waals surface area contributed by atoms with E-state index in [0.717, 1.165) is 64.2 Å². The molecule has 0 saturated carbocycles. The fraction of sp³-hybridized carbons (Fsp3) is 0.739. The van der Waals surface area contributed by atoms with Crippen LogP contribution >= 0.6 is 7.82 Å². The lowest BCUT2D eigenvalue weighted by molar-refractivity contribution is -0.870. The highest BCUT2D eigenvalue weighted by molar-refractivity contribution is 7.47. The summed E-state index contributed by atoms with van der Waals surface area (Å²) in [5.74, 6) is -0.882. The molecule has 0 radical (unpaired) electrons. The maximum atomic E-state index is 12.7. The lowest BCUT2D eigenvalue weighted by Crippen LogP contribution is -2.37. The smallest absolute Gasteiger partial charge is 0.462 e. The van der Waals surface area contributed by atoms with Crippen molar-refractivity contribution < 1.29 is 42.1 Å². The number of unbranched alkanes of at least 4 members (excludes halogenated alkanes) is 16. The second-order valence-corrected chi connectivity index (χ2v) is 17.2. The normalized spacial score (nSPS) is 14.2. The maximum absolute atomic E-state index is 12.7. The highest BCUT2D eigenvalue weighted by Crippen LogP contribution is 2.43. The molecule has 0 aliphatic heterocycles. The number of phosphoric ester groups is 1. The Hall–Kier alpha value is -2.29. The van der Waals surface area contributed by atoms with Crippen LogP contribution in [-0.4, -0.2) is 74.9 Å². The quantitative estimate of drug-likeness (QED) is 0.0163. The predicted octanol–water partition coefficient (Wildman–Crippen LogP) is 12.5. The minimum Gasteiger partial charge on any atom is -0.462 e. The number of quaternary nitrogens is 1. The van der Waals surface area contributed by atoms with E-state index in [4.69, 9.17) is 18.5 Å². The molecule has 56 heavy (non-hydrogen) atoms. The molecule has 1 N–H and O–H groups in total. The van der Waals surface area contributed by atoms with Crippen molar-refractivity contribution in [3.8, 4) is 0 Å². The van der Waals surface area contributed by atoms with E-state index in [1.165, 1.54) is 64.2 Å². The molecule has 0 aromatic heterocycles. The number of carbonyl (C=O) groups is 2. The Morgan fingerprint density at radius 3 is 1.61 bits per heavy atom. The summed E-state index contributed by atoms with van der Waals surface area (Å²) >= 11 is 0. The van der Waals surface area contributed by atoms with E-state index in [0.29, 0.717) is 23.9 Å². The van der Waals surface area contributed by atoms with E-state index in [2.05, 4.69) is 74.6 Å². The molecule has 1 unspecified atom stereocenters. The summed E-state index contributed by atoms with van der Waals surface area (Å²) in [6.07, 6.45) is 45.6. The lowest BCUT2D eigenvalue weighted by Gasteiger charge is -2.24. The maximum Gasteiger partial charge on any atom is 0.472 e. The fourth-order valence-corrected chi connectivity index (χ4v) is 6.29. The van der Waals surface area contributed by atoms with Crippen molar-refractivity contribution in [3.05, 3.63) is 60.8 Å². The monoisotopic (exact) mass is 809 g/mol. The Morgan fingerprint density at radius 1 is 0.571 bits per heavy atom. The molecule has 0 rings (SSSR count). The highest BCUT2D eigenvalue weighted by Gasteiger charge is 2.27. The lowest BCUT2D eigenvalue weighted by atomic mass is 10.1. The molecule has 2 atom stereocenters. The Labute approximate surface area is 343 Å². The topological polar surface area (TPSA) is 108 Å². The predicted molar refractivity (Wildman–Crippen MR) is 233 cm³/mol. The number of hydrogen-bond acceptors (Lipinski definition) is 7. The zero-order valence-electron chi connectivity index (χ0n) is 36.3. The zero-order valence-corrected chi connectivity index (χ0v) is 37.2. The van der Waals surface area contributed by atoms with Crippen molar-refractivity contribution in [2.24, 2.45) is 0 Å². The van der Waals surface area contributed by atoms with Crippen LogP contribution in [0.2, 0.25) is 0 Å². The standard InChI is InChI=1S/C46H82NO8P/c1-6-8-10-12-14-16-18-20-22-23-25-26-28-30-32-34-36-38-45(48)52-42-44(43-54-56(50,51)53-41-40-47(3,4)5)55-46(49)39-37-35-33-31-29-27-24-21-19-17-15-13-11-9-7-2/h17,19-22,24-26,30,32,44H,6-16,18,23,27-29,31,33-43H2,1-5H3/p+1/b19-17+,22-20+,24-21+,26-25+,32-30+/t44-/m1/s1. The number of ether oxygens (including phenoxy) is 2. The van der Waals surface area contributed by atoms with Gasteiger partial charge in [0.25, 0.3) is 0 Å². The zero-order chi connectivity index (χ0) is 41.4. The Morgan fingerprint density at radius 2 is 1.04 bits per heavy atom. The number of esters is 2. The Kier molecular flexibility index (Phi) is 36.7. The minimum atomic E-state index is -4.39. The molecule has 0 heterocycles. The summed E-state index contributed by atoms with van der Waals surface area (Å²) in [6.45, 7) is 4.30. The minimum absolute atomic E-state index is 0.0185. The van der Waals surface area contributed by atoms with E-state index >= 15 is 0 Å². The summed E-state index contributed by atoms with van der Waals surface area (Å²) in [5, 5.41) is 0. The van der Waals surface area contributed by atoms with E-state index < -0.39 is 32.5 Å². The van der Waals surface area contributed by atoms with Gasteiger partial charge in [0.15, 0.2) is 6.10 Å². The van der Waals surface area contributed by atoms with Crippen LogP contribution < -0.4 is 0 Å². The number of allylic oxidation sites excluding steroid dienone is 10. The molecule has 9 nitrogen and oxygen atoms in total. The third-order valence-electron chi connectivity index (χ3n) is 9.05. The summed E-state index contributed by atoms with van der Waals surface area (Å²) in [6, 6.07) is 0. The first kappa shape index (κ1) is 53.7. The highest BCUT2D eigenvalue weighted by atomic mass is 31.2. The van der Waals surface area contributed by atoms with Crippen LogP contribution in [0, 0.1) is 0 Å². The Bertz CT molecular complexity index is 1140. The molecular formula is C46H83NO8P+. The molecule has 0 aromatic carbocycles. The van der Waals surface area contributed by atoms with E-state index in [1.807, 2.05) is 21.1 Å². The third-order valence-corrected chi connectivity index (χ3v) is 10.0. The van der Waals surface area contributed by atoms with Crippen LogP contribution in [0.4, 0.5) is 0 Å². The van der Waals surface area contributed by atoms with Gasteiger partial charge in [-0.1, -0.05) is 145 Å². The first-order chi connectivity index (χ1) is 27.0. The first-order valence-electron chi connectivity index (χ1n) is 22.0. The molecule has 0 spiro atoms. The molecular weight excluding hydrogens is 725 g/mol. The molecule has 324 valence electrons. The number of hydrogen-bond donors (Lipinski definition) is 1. The number of likely N-dealkylation sites (N-methyl/N-ethyl adjacent to an activating group) is 1. The second-order valence-electron chi connectivity index (χ2n) is 15.8. The number of carbonyl (C=O) groups excluding carboxylic acids is 2. The molecule has 0 amide bonds. The molecule has 0 bridgehead atoms. The van der Waals surface area contributed by atoms with Gasteiger partial charge in [-0.15, -0.1) is 0 Å². The van der Waals surface area contributed by atoms with Crippen molar-refractivity contribution in [1.29, 1.82) is 0 Å². The van der Waals surface area contributed by atoms with Gasteiger partial charge in [-0.25, -0.2) is 4.57 Å². The summed E-state index contributed by atoms with van der Waals surface area (Å²) in [5.41, 5.74) is 0. The second kappa shape index (κ2) is 38.2. The van der Waals surface area contributed by atoms with Crippen LogP contribution in [0.3, 0.4) is 0 Å². The van der Waals surface area contributed by atoms with Gasteiger partial charge in [-0.05, 0) is 70.6 Å². The molecule has 0 aliphatic carbocycles. The molecule has 0 saturated heterocycles. The van der Waals surface area contributed by atoms with Gasteiger partial charge >= 0.3 is 19.8 Å². The largest absolute Gasteiger partial charge is 0.472 e. The van der Waals surface area contributed by atoms with E-state index in [-0.39, 0.29) is 26.1 Å². The Balaban J connectivity index is 4.48. The van der Waals surface area contributed by atoms with Gasteiger partial charge in [-0.2, -0.15) is 0 Å². The molecule has 0 aliphatic rings. The fourth-order valence-electron chi connectivity index (χ4n) is 5.55. The number of rotatable bonds is 39. The van der Waals surface area contributed by atoms with Gasteiger partial charge in [0, 0.05) is 12.8 Å². The van der Waals surface area contributed by atoms with Gasteiger partial charge in [-0.3, -0.25) is 18.6 Å². The van der Waals surface area contributed by atoms with Crippen LogP contribution in [0.15, 0.2) is 60.8 Å². The van der Waals surface area contributed by atoms with Crippen molar-refractivity contribution in [3.63, 3.8) is 0 Å². The van der Waals surface area contributed by atoms with Crippen LogP contribution in [-0.2, 0) is 32.7 Å². The van der Waals surface area contributed by atoms with Gasteiger partial charge in [0.2, 0.25) is 0 Å². The van der Waals surface area contributed by atoms with Gasteiger partial charge in [0.1, 0.15) is 19.8 Å². The SMILES string of the molecule is CCCCCC/C=C/C=C/CCCCCCCC(=O)O[C@H](COC(=O)CCC/C=C/C/C=C/C/C=C/CCCCCCCC)COP(=O)(O)OCC[N+](C)(C)C. The average molecular weight is 809 g/mol. The van der Waals surface area contributed by atoms with Gasteiger partial charge < -0.3 is 18.9 Å².